The van der Waals surface area contributed by atoms with Gasteiger partial charge in [0.25, 0.3) is 5.91 Å². The number of rotatable bonds is 7. The fourth-order valence-electron chi connectivity index (χ4n) is 3.32. The van der Waals surface area contributed by atoms with E-state index in [9.17, 15) is 9.90 Å². The molecule has 0 bridgehead atoms. The van der Waals surface area contributed by atoms with Gasteiger partial charge in [0, 0.05) is 38.4 Å². The van der Waals surface area contributed by atoms with E-state index in [2.05, 4.69) is 36.6 Å². The molecule has 0 saturated carbocycles. The summed E-state index contributed by atoms with van der Waals surface area (Å²) in [4.78, 5) is 27.0. The summed E-state index contributed by atoms with van der Waals surface area (Å²) in [7, 11) is 0. The van der Waals surface area contributed by atoms with E-state index < -0.39 is 6.10 Å². The molecule has 1 saturated heterocycles. The minimum atomic E-state index is -0.666. The van der Waals surface area contributed by atoms with Crippen molar-refractivity contribution in [3.8, 4) is 0 Å². The van der Waals surface area contributed by atoms with E-state index in [0.717, 1.165) is 18.7 Å². The van der Waals surface area contributed by atoms with Crippen molar-refractivity contribution in [3.63, 3.8) is 0 Å². The third-order valence-electron chi connectivity index (χ3n) is 4.91. The third kappa shape index (κ3) is 4.61. The maximum absolute atomic E-state index is 12.3. The Bertz CT molecular complexity index is 829. The van der Waals surface area contributed by atoms with Gasteiger partial charge in [-0.15, -0.1) is 0 Å². The Kier molecular flexibility index (Phi) is 5.75. The van der Waals surface area contributed by atoms with Crippen molar-refractivity contribution in [1.29, 1.82) is 0 Å². The zero-order valence-corrected chi connectivity index (χ0v) is 15.5. The van der Waals surface area contributed by atoms with Crippen LogP contribution in [0.15, 0.2) is 30.7 Å². The van der Waals surface area contributed by atoms with Crippen LogP contribution >= 0.6 is 0 Å². The SMILES string of the molecule is O=C(NC[C@H](O)CN1CCc2cccnc2C1)c1cc(NC2COC2)ncn1. The Labute approximate surface area is 163 Å². The van der Waals surface area contributed by atoms with Gasteiger partial charge >= 0.3 is 0 Å². The number of aliphatic hydroxyl groups is 1. The molecule has 9 nitrogen and oxygen atoms in total. The van der Waals surface area contributed by atoms with Crippen LogP contribution in [0.5, 0.6) is 0 Å². The molecule has 1 amide bonds. The lowest BCUT2D eigenvalue weighted by Crippen LogP contribution is -2.42. The number of nitrogens with zero attached hydrogens (tertiary/aromatic N) is 4. The van der Waals surface area contributed by atoms with E-state index in [1.807, 2.05) is 6.07 Å². The number of aromatic nitrogens is 3. The number of carbonyl (C=O) groups excluding carboxylic acids is 1. The summed E-state index contributed by atoms with van der Waals surface area (Å²) in [5.41, 5.74) is 2.59. The first-order valence-electron chi connectivity index (χ1n) is 9.45. The average Bonchev–Trinajstić information content (AvgIpc) is 2.69. The maximum atomic E-state index is 12.3. The van der Waals surface area contributed by atoms with Crippen LogP contribution < -0.4 is 10.6 Å². The van der Waals surface area contributed by atoms with E-state index in [4.69, 9.17) is 4.74 Å². The summed E-state index contributed by atoms with van der Waals surface area (Å²) in [6, 6.07) is 5.87. The fourth-order valence-corrected chi connectivity index (χ4v) is 3.32. The first-order chi connectivity index (χ1) is 13.7. The van der Waals surface area contributed by atoms with E-state index in [1.54, 1.807) is 12.3 Å². The number of β-amino-alcohol motifs (C(OH)–C–C–N with tert-alkyl or cyclic N) is 1. The van der Waals surface area contributed by atoms with Gasteiger partial charge in [-0.3, -0.25) is 14.7 Å². The zero-order valence-electron chi connectivity index (χ0n) is 15.5. The molecule has 1 atom stereocenters. The van der Waals surface area contributed by atoms with Gasteiger partial charge in [0.1, 0.15) is 17.8 Å². The second kappa shape index (κ2) is 8.59. The Morgan fingerprint density at radius 2 is 2.25 bits per heavy atom. The van der Waals surface area contributed by atoms with Crippen LogP contribution in [0.25, 0.3) is 0 Å². The second-order valence-electron chi connectivity index (χ2n) is 7.13. The smallest absolute Gasteiger partial charge is 0.270 e. The number of anilines is 1. The monoisotopic (exact) mass is 384 g/mol. The highest BCUT2D eigenvalue weighted by Crippen LogP contribution is 2.16. The van der Waals surface area contributed by atoms with Gasteiger partial charge in [-0.1, -0.05) is 6.07 Å². The molecule has 1 fully saturated rings. The Morgan fingerprint density at radius 3 is 3.07 bits per heavy atom. The molecule has 0 radical (unpaired) electrons. The van der Waals surface area contributed by atoms with E-state index in [1.165, 1.54) is 11.9 Å². The number of pyridine rings is 1. The number of hydrogen-bond acceptors (Lipinski definition) is 8. The summed E-state index contributed by atoms with van der Waals surface area (Å²) < 4.78 is 5.11. The lowest BCUT2D eigenvalue weighted by molar-refractivity contribution is 0.0209. The highest BCUT2D eigenvalue weighted by molar-refractivity contribution is 5.92. The average molecular weight is 384 g/mol. The van der Waals surface area contributed by atoms with Crippen molar-refractivity contribution >= 4 is 11.7 Å². The van der Waals surface area contributed by atoms with Crippen molar-refractivity contribution in [3.05, 3.63) is 47.7 Å². The van der Waals surface area contributed by atoms with Gasteiger partial charge in [-0.2, -0.15) is 0 Å². The van der Waals surface area contributed by atoms with Crippen molar-refractivity contribution in [2.24, 2.45) is 0 Å². The molecule has 0 unspecified atom stereocenters. The van der Waals surface area contributed by atoms with Crippen LogP contribution in [0.3, 0.4) is 0 Å². The quantitative estimate of drug-likeness (QED) is 0.603. The summed E-state index contributed by atoms with van der Waals surface area (Å²) >= 11 is 0. The number of nitrogens with one attached hydrogen (secondary N) is 2. The molecular weight excluding hydrogens is 360 g/mol. The van der Waals surface area contributed by atoms with Gasteiger partial charge in [0.15, 0.2) is 0 Å². The molecule has 2 aliphatic rings. The van der Waals surface area contributed by atoms with Gasteiger partial charge < -0.3 is 20.5 Å². The lowest BCUT2D eigenvalue weighted by atomic mass is 10.1. The molecular formula is C19H24N6O3. The Morgan fingerprint density at radius 1 is 1.36 bits per heavy atom. The molecule has 0 spiro atoms. The van der Waals surface area contributed by atoms with Crippen LogP contribution in [-0.4, -0.2) is 75.9 Å². The highest BCUT2D eigenvalue weighted by Gasteiger charge is 2.21. The molecule has 4 heterocycles. The van der Waals surface area contributed by atoms with Crippen molar-refractivity contribution in [2.45, 2.75) is 25.1 Å². The number of ether oxygens (including phenoxy) is 1. The molecule has 0 aromatic carbocycles. The first-order valence-corrected chi connectivity index (χ1v) is 9.45. The van der Waals surface area contributed by atoms with Crippen molar-refractivity contribution in [1.82, 2.24) is 25.2 Å². The van der Waals surface area contributed by atoms with E-state index in [-0.39, 0.29) is 24.2 Å². The van der Waals surface area contributed by atoms with E-state index >= 15 is 0 Å². The number of aliphatic hydroxyl groups excluding tert-OH is 1. The number of amides is 1. The molecule has 3 N–H and O–H groups in total. The zero-order chi connectivity index (χ0) is 19.3. The minimum Gasteiger partial charge on any atom is -0.390 e. The topological polar surface area (TPSA) is 113 Å². The molecule has 2 aromatic rings. The Balaban J connectivity index is 1.25. The normalized spacial score (nSPS) is 18.0. The standard InChI is InChI=1S/C19H24N6O3/c26-15(8-25-5-3-13-2-1-4-20-17(13)9-25)7-21-19(27)16-6-18(23-12-22-16)24-14-10-28-11-14/h1-2,4,6,12,14-15,26H,3,5,7-11H2,(H,21,27)(H,22,23,24)/t15-/m0/s1. The van der Waals surface area contributed by atoms with E-state index in [0.29, 0.717) is 32.1 Å². The highest BCUT2D eigenvalue weighted by atomic mass is 16.5. The van der Waals surface area contributed by atoms with Gasteiger partial charge in [0.2, 0.25) is 0 Å². The summed E-state index contributed by atoms with van der Waals surface area (Å²) in [6.07, 6.45) is 3.40. The van der Waals surface area contributed by atoms with Crippen LogP contribution in [-0.2, 0) is 17.7 Å². The van der Waals surface area contributed by atoms with Crippen molar-refractivity contribution in [2.75, 3.05) is 38.2 Å². The minimum absolute atomic E-state index is 0.160. The molecule has 9 heteroatoms. The summed E-state index contributed by atoms with van der Waals surface area (Å²) in [6.45, 7) is 3.49. The molecule has 28 heavy (non-hydrogen) atoms. The molecule has 4 rings (SSSR count). The van der Waals surface area contributed by atoms with Crippen LogP contribution in [0.4, 0.5) is 5.82 Å². The maximum Gasteiger partial charge on any atom is 0.270 e. The third-order valence-corrected chi connectivity index (χ3v) is 4.91. The van der Waals surface area contributed by atoms with Gasteiger partial charge in [0.05, 0.1) is 31.1 Å². The molecule has 2 aliphatic heterocycles. The Hall–Kier alpha value is -2.62. The summed E-state index contributed by atoms with van der Waals surface area (Å²) in [5, 5.41) is 16.2. The van der Waals surface area contributed by atoms with Crippen LogP contribution in [0.1, 0.15) is 21.7 Å². The predicted octanol–water partition coefficient (Wildman–Crippen LogP) is -0.169. The van der Waals surface area contributed by atoms with Gasteiger partial charge in [-0.25, -0.2) is 9.97 Å². The van der Waals surface area contributed by atoms with Crippen LogP contribution in [0.2, 0.25) is 0 Å². The largest absolute Gasteiger partial charge is 0.390 e. The number of hydrogen-bond donors (Lipinski definition) is 3. The van der Waals surface area contributed by atoms with Crippen LogP contribution in [0, 0.1) is 0 Å². The number of fused-ring (bicyclic) bond motifs is 1. The molecule has 2 aromatic heterocycles. The van der Waals surface area contributed by atoms with Gasteiger partial charge in [-0.05, 0) is 18.1 Å². The molecule has 148 valence electrons. The number of carbonyl (C=O) groups is 1. The first kappa shape index (κ1) is 18.7. The predicted molar refractivity (Wildman–Crippen MR) is 102 cm³/mol. The summed E-state index contributed by atoms with van der Waals surface area (Å²) in [5.74, 6) is 0.258. The van der Waals surface area contributed by atoms with Crippen molar-refractivity contribution < 1.29 is 14.6 Å². The lowest BCUT2D eigenvalue weighted by Gasteiger charge is -2.29. The molecule has 0 aliphatic carbocycles. The fraction of sp³-hybridized carbons (Fsp3) is 0.474. The second-order valence-corrected chi connectivity index (χ2v) is 7.13.